The Labute approximate surface area is 190 Å². The minimum atomic E-state index is -1.10. The van der Waals surface area contributed by atoms with Crippen LogP contribution >= 0.6 is 0 Å². The Morgan fingerprint density at radius 1 is 1.00 bits per heavy atom. The molecule has 2 aromatic carbocycles. The van der Waals surface area contributed by atoms with Crippen LogP contribution in [-0.4, -0.2) is 47.1 Å². The highest BCUT2D eigenvalue weighted by Gasteiger charge is 2.42. The van der Waals surface area contributed by atoms with E-state index in [1.54, 1.807) is 54.6 Å². The monoisotopic (exact) mass is 450 g/mol. The zero-order valence-corrected chi connectivity index (χ0v) is 18.2. The first-order valence-electron chi connectivity index (χ1n) is 10.4. The fourth-order valence-electron chi connectivity index (χ4n) is 4.24. The maximum absolute atomic E-state index is 14.5. The Hall–Kier alpha value is -3.94. The number of benzene rings is 2. The molecule has 0 spiro atoms. The van der Waals surface area contributed by atoms with Gasteiger partial charge in [0.15, 0.2) is 0 Å². The van der Waals surface area contributed by atoms with E-state index in [4.69, 9.17) is 9.47 Å². The van der Waals surface area contributed by atoms with Gasteiger partial charge in [0.25, 0.3) is 5.91 Å². The van der Waals surface area contributed by atoms with Crippen molar-refractivity contribution in [1.29, 1.82) is 0 Å². The summed E-state index contributed by atoms with van der Waals surface area (Å²) in [6.45, 7) is 0. The third-order valence-electron chi connectivity index (χ3n) is 5.85. The molecule has 7 nitrogen and oxygen atoms in total. The molecule has 8 heteroatoms. The van der Waals surface area contributed by atoms with Gasteiger partial charge in [0.1, 0.15) is 11.9 Å². The van der Waals surface area contributed by atoms with E-state index in [9.17, 15) is 19.1 Å². The fraction of sp³-hybridized carbons (Fsp3) is 0.240. The first-order valence-corrected chi connectivity index (χ1v) is 10.4. The van der Waals surface area contributed by atoms with Crippen molar-refractivity contribution in [3.8, 4) is 22.9 Å². The Bertz CT molecular complexity index is 1180. The molecular weight excluding hydrogens is 427 g/mol. The molecule has 0 saturated carbocycles. The molecule has 0 bridgehead atoms. The molecule has 1 aromatic heterocycles. The lowest BCUT2D eigenvalue weighted by molar-refractivity contribution is -0.141. The van der Waals surface area contributed by atoms with Gasteiger partial charge in [0.2, 0.25) is 11.8 Å². The predicted molar refractivity (Wildman–Crippen MR) is 119 cm³/mol. The van der Waals surface area contributed by atoms with Gasteiger partial charge in [-0.2, -0.15) is 4.98 Å². The Kier molecular flexibility index (Phi) is 6.26. The van der Waals surface area contributed by atoms with Gasteiger partial charge in [-0.15, -0.1) is 0 Å². The van der Waals surface area contributed by atoms with Gasteiger partial charge >= 0.3 is 5.97 Å². The summed E-state index contributed by atoms with van der Waals surface area (Å²) in [5, 5.41) is 9.69. The molecule has 2 heterocycles. The molecular formula is C25H23FN2O5. The number of aliphatic carboxylic acids is 1. The smallest absolute Gasteiger partial charge is 0.326 e. The van der Waals surface area contributed by atoms with Crippen LogP contribution in [-0.2, 0) is 4.79 Å². The van der Waals surface area contributed by atoms with E-state index in [-0.39, 0.29) is 6.42 Å². The van der Waals surface area contributed by atoms with Crippen molar-refractivity contribution >= 4 is 11.9 Å². The van der Waals surface area contributed by atoms with E-state index in [0.717, 1.165) is 5.56 Å². The van der Waals surface area contributed by atoms with E-state index < -0.39 is 29.8 Å². The number of carbonyl (C=O) groups excluding carboxylic acids is 1. The number of carboxylic acids is 1. The van der Waals surface area contributed by atoms with Gasteiger partial charge in [0.05, 0.1) is 20.3 Å². The Morgan fingerprint density at radius 3 is 2.36 bits per heavy atom. The molecule has 33 heavy (non-hydrogen) atoms. The van der Waals surface area contributed by atoms with Crippen molar-refractivity contribution in [2.75, 3.05) is 14.2 Å². The molecule has 0 aliphatic carbocycles. The average molecular weight is 450 g/mol. The molecule has 1 N–H and O–H groups in total. The molecule has 0 radical (unpaired) electrons. The number of halogens is 1. The number of rotatable bonds is 6. The van der Waals surface area contributed by atoms with Crippen molar-refractivity contribution < 1.29 is 28.6 Å². The molecule has 1 aliphatic rings. The third-order valence-corrected chi connectivity index (χ3v) is 5.85. The van der Waals surface area contributed by atoms with Crippen LogP contribution in [0.4, 0.5) is 4.39 Å². The topological polar surface area (TPSA) is 89.0 Å². The third kappa shape index (κ3) is 4.24. The molecule has 3 aromatic rings. The number of hydrogen-bond acceptors (Lipinski definition) is 5. The number of methoxy groups -OCH3 is 2. The summed E-state index contributed by atoms with van der Waals surface area (Å²) in [5.74, 6) is -1.23. The highest BCUT2D eigenvalue weighted by atomic mass is 19.1. The molecule has 1 fully saturated rings. The van der Waals surface area contributed by atoms with Crippen LogP contribution in [0.15, 0.2) is 60.7 Å². The Morgan fingerprint density at radius 2 is 1.73 bits per heavy atom. The first-order chi connectivity index (χ1) is 15.9. The van der Waals surface area contributed by atoms with Crippen molar-refractivity contribution in [2.45, 2.75) is 24.9 Å². The standard InChI is InChI=1S/C25H23FN2O5/c1-32-22-14-11-17(23(27-22)33-2)15-7-9-16(10-8-15)24(29)28-20(12-13-21(28)25(30)31)18-5-3-4-6-19(18)26/h3-11,14,20-21H,12-13H2,1-2H3,(H,30,31)/t20-,21+/m1/s1. The van der Waals surface area contributed by atoms with Gasteiger partial charge in [-0.25, -0.2) is 9.18 Å². The summed E-state index contributed by atoms with van der Waals surface area (Å²) in [6, 6.07) is 14.7. The second-order valence-corrected chi connectivity index (χ2v) is 7.67. The second kappa shape index (κ2) is 9.28. The van der Waals surface area contributed by atoms with Crippen LogP contribution < -0.4 is 9.47 Å². The quantitative estimate of drug-likeness (QED) is 0.601. The summed E-state index contributed by atoms with van der Waals surface area (Å²) >= 11 is 0. The number of hydrogen-bond donors (Lipinski definition) is 1. The first kappa shape index (κ1) is 22.3. The molecule has 0 unspecified atom stereocenters. The lowest BCUT2D eigenvalue weighted by atomic mass is 10.0. The summed E-state index contributed by atoms with van der Waals surface area (Å²) in [6.07, 6.45) is 0.628. The zero-order valence-electron chi connectivity index (χ0n) is 18.2. The van der Waals surface area contributed by atoms with Gasteiger partial charge in [0, 0.05) is 22.8 Å². The van der Waals surface area contributed by atoms with E-state index >= 15 is 0 Å². The molecule has 1 saturated heterocycles. The zero-order chi connectivity index (χ0) is 23.5. The maximum Gasteiger partial charge on any atom is 0.326 e. The van der Waals surface area contributed by atoms with Crippen LogP contribution in [0.1, 0.15) is 34.8 Å². The van der Waals surface area contributed by atoms with Gasteiger partial charge in [-0.05, 0) is 42.7 Å². The van der Waals surface area contributed by atoms with Crippen LogP contribution in [0.2, 0.25) is 0 Å². The minimum absolute atomic E-state index is 0.257. The number of carboxylic acid groups (broad SMARTS) is 1. The minimum Gasteiger partial charge on any atom is -0.481 e. The van der Waals surface area contributed by atoms with Gasteiger partial charge in [-0.3, -0.25) is 4.79 Å². The normalized spacial score (nSPS) is 17.6. The number of ether oxygens (including phenoxy) is 2. The second-order valence-electron chi connectivity index (χ2n) is 7.67. The summed E-state index contributed by atoms with van der Waals surface area (Å²) in [4.78, 5) is 30.8. The fourth-order valence-corrected chi connectivity index (χ4v) is 4.24. The van der Waals surface area contributed by atoms with Crippen molar-refractivity contribution in [3.63, 3.8) is 0 Å². The highest BCUT2D eigenvalue weighted by molar-refractivity contribution is 5.97. The molecule has 1 aliphatic heterocycles. The van der Waals surface area contributed by atoms with E-state index in [1.807, 2.05) is 0 Å². The van der Waals surface area contributed by atoms with Crippen LogP contribution in [0.5, 0.6) is 11.8 Å². The maximum atomic E-state index is 14.5. The van der Waals surface area contributed by atoms with Crippen LogP contribution in [0, 0.1) is 5.82 Å². The Balaban J connectivity index is 1.66. The number of nitrogens with zero attached hydrogens (tertiary/aromatic N) is 2. The lowest BCUT2D eigenvalue weighted by Crippen LogP contribution is -2.42. The van der Waals surface area contributed by atoms with E-state index in [1.165, 1.54) is 25.2 Å². The number of likely N-dealkylation sites (tertiary alicyclic amines) is 1. The largest absolute Gasteiger partial charge is 0.481 e. The predicted octanol–water partition coefficient (Wildman–Crippen LogP) is 4.34. The molecule has 1 amide bonds. The number of aromatic nitrogens is 1. The SMILES string of the molecule is COc1ccc(-c2ccc(C(=O)N3[C@@H](c4ccccc4F)CC[C@H]3C(=O)O)cc2)c(OC)n1. The number of carbonyl (C=O) groups is 2. The van der Waals surface area contributed by atoms with E-state index in [2.05, 4.69) is 4.98 Å². The summed E-state index contributed by atoms with van der Waals surface area (Å²) in [5.41, 5.74) is 2.11. The van der Waals surface area contributed by atoms with Crippen LogP contribution in [0.25, 0.3) is 11.1 Å². The summed E-state index contributed by atoms with van der Waals surface area (Å²) < 4.78 is 24.9. The van der Waals surface area contributed by atoms with Gasteiger partial charge in [-0.1, -0.05) is 30.3 Å². The lowest BCUT2D eigenvalue weighted by Gasteiger charge is -2.29. The van der Waals surface area contributed by atoms with Gasteiger partial charge < -0.3 is 19.5 Å². The average Bonchev–Trinajstić information content (AvgIpc) is 3.29. The van der Waals surface area contributed by atoms with Crippen molar-refractivity contribution in [1.82, 2.24) is 9.88 Å². The van der Waals surface area contributed by atoms with E-state index in [0.29, 0.717) is 34.9 Å². The summed E-state index contributed by atoms with van der Waals surface area (Å²) in [7, 11) is 3.02. The van der Waals surface area contributed by atoms with Crippen LogP contribution in [0.3, 0.4) is 0 Å². The molecule has 4 rings (SSSR count). The van der Waals surface area contributed by atoms with Crippen molar-refractivity contribution in [2.24, 2.45) is 0 Å². The number of amides is 1. The van der Waals surface area contributed by atoms with Crippen molar-refractivity contribution in [3.05, 3.63) is 77.6 Å². The molecule has 2 atom stereocenters. The number of pyridine rings is 1. The molecule has 170 valence electrons. The highest BCUT2D eigenvalue weighted by Crippen LogP contribution is 2.39.